The summed E-state index contributed by atoms with van der Waals surface area (Å²) in [6, 6.07) is 47.6. The average molecular weight is 667 g/mol. The highest BCUT2D eigenvalue weighted by molar-refractivity contribution is 6.22. The Kier molecular flexibility index (Phi) is 7.90. The Balaban J connectivity index is 1.30. The first-order chi connectivity index (χ1) is 25.6. The predicted octanol–water partition coefficient (Wildman–Crippen LogP) is 12.2. The van der Waals surface area contributed by atoms with Crippen molar-refractivity contribution in [2.45, 2.75) is 13.8 Å². The lowest BCUT2D eigenvalue weighted by Gasteiger charge is -2.19. The van der Waals surface area contributed by atoms with E-state index >= 15 is 0 Å². The van der Waals surface area contributed by atoms with Crippen molar-refractivity contribution in [2.75, 3.05) is 0 Å². The van der Waals surface area contributed by atoms with Crippen molar-refractivity contribution in [3.05, 3.63) is 182 Å². The number of rotatable bonds is 6. The summed E-state index contributed by atoms with van der Waals surface area (Å²) in [5.41, 5.74) is 15.4. The molecule has 0 aliphatic heterocycles. The molecule has 5 aromatic carbocycles. The first kappa shape index (κ1) is 31.2. The minimum atomic E-state index is 0.909. The summed E-state index contributed by atoms with van der Waals surface area (Å²) in [7, 11) is 0. The van der Waals surface area contributed by atoms with Gasteiger partial charge in [0.25, 0.3) is 0 Å². The molecule has 0 saturated heterocycles. The topological polar surface area (TPSA) is 51.6 Å². The zero-order valence-electron chi connectivity index (χ0n) is 29.0. The van der Waals surface area contributed by atoms with Crippen molar-refractivity contribution in [2.24, 2.45) is 0 Å². The van der Waals surface area contributed by atoms with Crippen molar-refractivity contribution in [1.29, 1.82) is 0 Å². The van der Waals surface area contributed by atoms with E-state index in [4.69, 9.17) is 9.97 Å². The number of benzene rings is 5. The first-order valence-corrected chi connectivity index (χ1v) is 17.5. The molecule has 4 aromatic heterocycles. The van der Waals surface area contributed by atoms with Gasteiger partial charge in [-0.2, -0.15) is 0 Å². The van der Waals surface area contributed by atoms with Crippen LogP contribution in [0.15, 0.2) is 171 Å². The van der Waals surface area contributed by atoms with Crippen LogP contribution in [0, 0.1) is 13.8 Å². The Hall–Kier alpha value is -6.78. The van der Waals surface area contributed by atoms with Crippen LogP contribution in [0.25, 0.3) is 88.6 Å². The number of nitrogens with zero attached hydrogens (tertiary/aromatic N) is 4. The van der Waals surface area contributed by atoms with Gasteiger partial charge in [0.1, 0.15) is 0 Å². The molecule has 0 unspecified atom stereocenters. The molecule has 9 rings (SSSR count). The molecule has 4 heteroatoms. The lowest BCUT2D eigenvalue weighted by molar-refractivity contribution is 1.25. The third-order valence-corrected chi connectivity index (χ3v) is 10.1. The number of fused-ring (bicyclic) bond motifs is 2. The Bertz CT molecular complexity index is 2730. The van der Waals surface area contributed by atoms with E-state index in [2.05, 4.69) is 145 Å². The molecule has 0 saturated carbocycles. The minimum absolute atomic E-state index is 0.909. The van der Waals surface area contributed by atoms with Crippen molar-refractivity contribution in [3.63, 3.8) is 0 Å². The smallest absolute Gasteiger partial charge is 0.0720 e. The van der Waals surface area contributed by atoms with Gasteiger partial charge in [0.05, 0.1) is 11.4 Å². The van der Waals surface area contributed by atoms with Crippen LogP contribution in [0.2, 0.25) is 0 Å². The van der Waals surface area contributed by atoms with Gasteiger partial charge in [0.15, 0.2) is 0 Å². The van der Waals surface area contributed by atoms with Crippen LogP contribution in [0.4, 0.5) is 0 Å². The van der Waals surface area contributed by atoms with Gasteiger partial charge in [-0.3, -0.25) is 19.9 Å². The van der Waals surface area contributed by atoms with Crippen molar-refractivity contribution >= 4 is 21.5 Å². The SMILES string of the molecule is Cc1ccncc1-c1ccc(-c2c3ccccc3c(-c3ccc(-c4cnccc4C)nc3)c3cc(-c4ccccc4-c4ccccc4)ccc23)cn1. The Labute approximate surface area is 303 Å². The van der Waals surface area contributed by atoms with Crippen LogP contribution in [0.3, 0.4) is 0 Å². The van der Waals surface area contributed by atoms with Crippen LogP contribution >= 0.6 is 0 Å². The Morgan fingerprint density at radius 1 is 0.346 bits per heavy atom. The van der Waals surface area contributed by atoms with Gasteiger partial charge in [0.2, 0.25) is 0 Å². The van der Waals surface area contributed by atoms with Gasteiger partial charge < -0.3 is 0 Å². The number of pyridine rings is 4. The van der Waals surface area contributed by atoms with Crippen molar-refractivity contribution < 1.29 is 0 Å². The number of hydrogen-bond acceptors (Lipinski definition) is 4. The minimum Gasteiger partial charge on any atom is -0.264 e. The number of aromatic nitrogens is 4. The van der Waals surface area contributed by atoms with Crippen molar-refractivity contribution in [1.82, 2.24) is 19.9 Å². The van der Waals surface area contributed by atoms with Gasteiger partial charge in [-0.1, -0.05) is 103 Å². The van der Waals surface area contributed by atoms with Crippen LogP contribution in [0.1, 0.15) is 11.1 Å². The fourth-order valence-corrected chi connectivity index (χ4v) is 7.44. The molecule has 0 aliphatic rings. The molecule has 0 radical (unpaired) electrons. The molecule has 0 amide bonds. The molecule has 246 valence electrons. The third kappa shape index (κ3) is 5.51. The van der Waals surface area contributed by atoms with Gasteiger partial charge in [-0.05, 0) is 110 Å². The van der Waals surface area contributed by atoms with E-state index < -0.39 is 0 Å². The van der Waals surface area contributed by atoms with E-state index in [-0.39, 0.29) is 0 Å². The Morgan fingerprint density at radius 3 is 1.37 bits per heavy atom. The van der Waals surface area contributed by atoms with Gasteiger partial charge in [0, 0.05) is 59.4 Å². The summed E-state index contributed by atoms with van der Waals surface area (Å²) in [5, 5.41) is 4.65. The van der Waals surface area contributed by atoms with E-state index in [1.165, 1.54) is 22.1 Å². The summed E-state index contributed by atoms with van der Waals surface area (Å²) in [5.74, 6) is 0. The largest absolute Gasteiger partial charge is 0.264 e. The van der Waals surface area contributed by atoms with Gasteiger partial charge in [-0.15, -0.1) is 0 Å². The standard InChI is InChI=1S/C48H34N4/c1-31-22-24-49-29-43(31)45-20-17-35(27-51-45)47-39-14-8-9-15-40(39)48(36-18-21-46(52-28-36)44-30-50-25-23-32(44)2)42-26-34(16-19-41(42)47)38-13-7-6-12-37(38)33-10-4-3-5-11-33/h3-30H,1-2H3. The molecule has 52 heavy (non-hydrogen) atoms. The van der Waals surface area contributed by atoms with Gasteiger partial charge in [-0.25, -0.2) is 0 Å². The number of hydrogen-bond donors (Lipinski definition) is 0. The highest BCUT2D eigenvalue weighted by atomic mass is 14.7. The highest BCUT2D eigenvalue weighted by Crippen LogP contribution is 2.45. The van der Waals surface area contributed by atoms with Crippen LogP contribution in [0.5, 0.6) is 0 Å². The van der Waals surface area contributed by atoms with E-state index in [0.717, 1.165) is 77.6 Å². The third-order valence-electron chi connectivity index (χ3n) is 10.1. The zero-order valence-corrected chi connectivity index (χ0v) is 29.0. The van der Waals surface area contributed by atoms with Crippen LogP contribution < -0.4 is 0 Å². The van der Waals surface area contributed by atoms with E-state index in [1.54, 1.807) is 0 Å². The highest BCUT2D eigenvalue weighted by Gasteiger charge is 2.19. The monoisotopic (exact) mass is 666 g/mol. The molecule has 0 N–H and O–H groups in total. The van der Waals surface area contributed by atoms with Crippen LogP contribution in [-0.2, 0) is 0 Å². The summed E-state index contributed by atoms with van der Waals surface area (Å²) in [6.07, 6.45) is 11.4. The molecule has 4 nitrogen and oxygen atoms in total. The lowest BCUT2D eigenvalue weighted by Crippen LogP contribution is -1.94. The molecular formula is C48H34N4. The maximum Gasteiger partial charge on any atom is 0.0720 e. The van der Waals surface area contributed by atoms with Crippen LogP contribution in [-0.4, -0.2) is 19.9 Å². The molecule has 0 fully saturated rings. The van der Waals surface area contributed by atoms with Gasteiger partial charge >= 0.3 is 0 Å². The summed E-state index contributed by atoms with van der Waals surface area (Å²) >= 11 is 0. The summed E-state index contributed by atoms with van der Waals surface area (Å²) in [4.78, 5) is 18.7. The molecular weight excluding hydrogens is 633 g/mol. The number of aryl methyl sites for hydroxylation is 2. The molecule has 4 heterocycles. The second kappa shape index (κ2) is 13.2. The quantitative estimate of drug-likeness (QED) is 0.166. The summed E-state index contributed by atoms with van der Waals surface area (Å²) < 4.78 is 0. The summed E-state index contributed by atoms with van der Waals surface area (Å²) in [6.45, 7) is 4.19. The molecule has 0 atom stereocenters. The first-order valence-electron chi connectivity index (χ1n) is 17.5. The molecule has 0 bridgehead atoms. The maximum absolute atomic E-state index is 5.01. The zero-order chi connectivity index (χ0) is 35.0. The fraction of sp³-hybridized carbons (Fsp3) is 0.0417. The predicted molar refractivity (Wildman–Crippen MR) is 215 cm³/mol. The lowest BCUT2D eigenvalue weighted by atomic mass is 9.84. The average Bonchev–Trinajstić information content (AvgIpc) is 3.21. The van der Waals surface area contributed by atoms with E-state index in [1.807, 2.05) is 49.3 Å². The Morgan fingerprint density at radius 2 is 0.827 bits per heavy atom. The van der Waals surface area contributed by atoms with Crippen molar-refractivity contribution in [3.8, 4) is 67.0 Å². The molecule has 0 aliphatic carbocycles. The van der Waals surface area contributed by atoms with E-state index in [9.17, 15) is 0 Å². The molecule has 9 aromatic rings. The second-order valence-corrected chi connectivity index (χ2v) is 13.2. The normalized spacial score (nSPS) is 11.3. The maximum atomic E-state index is 5.01. The second-order valence-electron chi connectivity index (χ2n) is 13.2. The fourth-order valence-electron chi connectivity index (χ4n) is 7.44. The van der Waals surface area contributed by atoms with E-state index in [0.29, 0.717) is 0 Å². The molecule has 0 spiro atoms.